The van der Waals surface area contributed by atoms with Gasteiger partial charge in [0.05, 0.1) is 5.02 Å². The molecule has 0 aliphatic carbocycles. The van der Waals surface area contributed by atoms with E-state index < -0.39 is 0 Å². The van der Waals surface area contributed by atoms with Crippen LogP contribution in [0.2, 0.25) is 15.1 Å². The summed E-state index contributed by atoms with van der Waals surface area (Å²) >= 11 is 24.1. The van der Waals surface area contributed by atoms with E-state index in [1.807, 2.05) is 54.6 Å². The molecule has 0 spiro atoms. The summed E-state index contributed by atoms with van der Waals surface area (Å²) < 4.78 is 5.79. The van der Waals surface area contributed by atoms with Crippen LogP contribution >= 0.6 is 47.0 Å². The van der Waals surface area contributed by atoms with Crippen LogP contribution < -0.4 is 10.1 Å². The molecule has 0 aliphatic rings. The first-order valence-corrected chi connectivity index (χ1v) is 9.76. The van der Waals surface area contributed by atoms with E-state index in [0.717, 1.165) is 16.7 Å². The van der Waals surface area contributed by atoms with Crippen molar-refractivity contribution in [2.75, 3.05) is 0 Å². The SMILES string of the molecule is S=C(NCc1ccccc1Cl)c1ccc(OCc2ccccc2Cl)c(Cl)c1. The first kappa shape index (κ1) is 20.0. The molecular formula is C21H16Cl3NOS. The Bertz CT molecular complexity index is 962. The lowest BCUT2D eigenvalue weighted by Crippen LogP contribution is -2.21. The summed E-state index contributed by atoms with van der Waals surface area (Å²) in [5, 5.41) is 5.05. The van der Waals surface area contributed by atoms with Gasteiger partial charge < -0.3 is 10.1 Å². The van der Waals surface area contributed by atoms with Crippen LogP contribution in [0.15, 0.2) is 66.7 Å². The Morgan fingerprint density at radius 1 is 0.815 bits per heavy atom. The molecule has 0 bridgehead atoms. The van der Waals surface area contributed by atoms with Crippen molar-refractivity contribution in [1.29, 1.82) is 0 Å². The highest BCUT2D eigenvalue weighted by atomic mass is 35.5. The standard InChI is InChI=1S/C21H16Cl3NOS/c22-17-7-3-1-5-15(17)12-25-21(27)14-9-10-20(19(24)11-14)26-13-16-6-2-4-8-18(16)23/h1-11H,12-13H2,(H,25,27). The van der Waals surface area contributed by atoms with Crippen molar-refractivity contribution in [3.05, 3.63) is 98.5 Å². The topological polar surface area (TPSA) is 21.3 Å². The molecule has 6 heteroatoms. The van der Waals surface area contributed by atoms with Crippen LogP contribution in [-0.4, -0.2) is 4.99 Å². The van der Waals surface area contributed by atoms with Gasteiger partial charge in [0.25, 0.3) is 0 Å². The maximum atomic E-state index is 6.36. The Morgan fingerprint density at radius 2 is 1.44 bits per heavy atom. The van der Waals surface area contributed by atoms with Crippen molar-refractivity contribution in [1.82, 2.24) is 5.32 Å². The van der Waals surface area contributed by atoms with Crippen molar-refractivity contribution in [3.8, 4) is 5.75 Å². The van der Waals surface area contributed by atoms with Gasteiger partial charge in [0.1, 0.15) is 17.3 Å². The van der Waals surface area contributed by atoms with E-state index in [9.17, 15) is 0 Å². The molecule has 0 radical (unpaired) electrons. The zero-order valence-corrected chi connectivity index (χ0v) is 17.3. The van der Waals surface area contributed by atoms with Gasteiger partial charge in [0.15, 0.2) is 0 Å². The highest BCUT2D eigenvalue weighted by Crippen LogP contribution is 2.27. The van der Waals surface area contributed by atoms with Gasteiger partial charge in [-0.2, -0.15) is 0 Å². The van der Waals surface area contributed by atoms with Gasteiger partial charge in [0.2, 0.25) is 0 Å². The summed E-state index contributed by atoms with van der Waals surface area (Å²) in [4.78, 5) is 0.592. The van der Waals surface area contributed by atoms with E-state index >= 15 is 0 Å². The fourth-order valence-electron chi connectivity index (χ4n) is 2.45. The molecule has 0 saturated heterocycles. The van der Waals surface area contributed by atoms with Crippen molar-refractivity contribution in [3.63, 3.8) is 0 Å². The van der Waals surface area contributed by atoms with E-state index in [1.54, 1.807) is 12.1 Å². The maximum absolute atomic E-state index is 6.36. The van der Waals surface area contributed by atoms with E-state index in [-0.39, 0.29) is 0 Å². The smallest absolute Gasteiger partial charge is 0.138 e. The number of ether oxygens (including phenoxy) is 1. The van der Waals surface area contributed by atoms with Crippen LogP contribution in [0.25, 0.3) is 0 Å². The van der Waals surface area contributed by atoms with Gasteiger partial charge in [-0.3, -0.25) is 0 Å². The van der Waals surface area contributed by atoms with Gasteiger partial charge >= 0.3 is 0 Å². The molecule has 0 fully saturated rings. The quantitative estimate of drug-likeness (QED) is 0.435. The maximum Gasteiger partial charge on any atom is 0.138 e. The predicted molar refractivity (Wildman–Crippen MR) is 117 cm³/mol. The Labute approximate surface area is 179 Å². The normalized spacial score (nSPS) is 10.5. The molecule has 0 aromatic heterocycles. The number of rotatable bonds is 6. The molecule has 3 aromatic carbocycles. The summed E-state index contributed by atoms with van der Waals surface area (Å²) in [5.74, 6) is 0.578. The van der Waals surface area contributed by atoms with Crippen molar-refractivity contribution in [2.24, 2.45) is 0 Å². The van der Waals surface area contributed by atoms with E-state index in [2.05, 4.69) is 5.32 Å². The number of hydrogen-bond acceptors (Lipinski definition) is 2. The summed E-state index contributed by atoms with van der Waals surface area (Å²) in [6.45, 7) is 0.884. The zero-order valence-electron chi connectivity index (χ0n) is 14.2. The molecule has 0 atom stereocenters. The zero-order chi connectivity index (χ0) is 19.2. The minimum atomic E-state index is 0.341. The third-order valence-electron chi connectivity index (χ3n) is 3.93. The van der Waals surface area contributed by atoms with Crippen molar-refractivity contribution >= 4 is 52.0 Å². The first-order valence-electron chi connectivity index (χ1n) is 8.22. The van der Waals surface area contributed by atoms with E-state index in [1.165, 1.54) is 0 Å². The monoisotopic (exact) mass is 435 g/mol. The van der Waals surface area contributed by atoms with E-state index in [4.69, 9.17) is 51.8 Å². The molecule has 0 saturated carbocycles. The molecule has 0 amide bonds. The first-order chi connectivity index (χ1) is 13.0. The van der Waals surface area contributed by atoms with Gasteiger partial charge in [-0.1, -0.05) is 83.4 Å². The molecular weight excluding hydrogens is 421 g/mol. The number of benzene rings is 3. The van der Waals surface area contributed by atoms with Crippen molar-refractivity contribution in [2.45, 2.75) is 13.2 Å². The average molecular weight is 437 g/mol. The predicted octanol–water partition coefficient (Wildman–Crippen LogP) is 6.69. The molecule has 0 aliphatic heterocycles. The lowest BCUT2D eigenvalue weighted by Gasteiger charge is -2.12. The number of hydrogen-bond donors (Lipinski definition) is 1. The second-order valence-corrected chi connectivity index (χ2v) is 7.43. The molecule has 3 aromatic rings. The highest BCUT2D eigenvalue weighted by Gasteiger charge is 2.09. The minimum Gasteiger partial charge on any atom is -0.487 e. The fraction of sp³-hybridized carbons (Fsp3) is 0.0952. The highest BCUT2D eigenvalue weighted by molar-refractivity contribution is 7.80. The lowest BCUT2D eigenvalue weighted by atomic mass is 10.2. The number of halogens is 3. The largest absolute Gasteiger partial charge is 0.487 e. The van der Waals surface area contributed by atoms with Crippen LogP contribution in [0.5, 0.6) is 5.75 Å². The van der Waals surface area contributed by atoms with Crippen LogP contribution in [-0.2, 0) is 13.2 Å². The summed E-state index contributed by atoms with van der Waals surface area (Å²) in [5.41, 5.74) is 2.69. The molecule has 0 unspecified atom stereocenters. The fourth-order valence-corrected chi connectivity index (χ4v) is 3.28. The van der Waals surface area contributed by atoms with Gasteiger partial charge in [-0.05, 0) is 35.9 Å². The molecule has 0 heterocycles. The summed E-state index contributed by atoms with van der Waals surface area (Å²) in [7, 11) is 0. The van der Waals surface area contributed by atoms with Crippen LogP contribution in [0.4, 0.5) is 0 Å². The molecule has 1 N–H and O–H groups in total. The van der Waals surface area contributed by atoms with Crippen LogP contribution in [0, 0.1) is 0 Å². The molecule has 27 heavy (non-hydrogen) atoms. The van der Waals surface area contributed by atoms with Crippen LogP contribution in [0.3, 0.4) is 0 Å². The summed E-state index contributed by atoms with van der Waals surface area (Å²) in [6, 6.07) is 20.6. The van der Waals surface area contributed by atoms with Crippen LogP contribution in [0.1, 0.15) is 16.7 Å². The average Bonchev–Trinajstić information content (AvgIpc) is 2.67. The van der Waals surface area contributed by atoms with Crippen molar-refractivity contribution < 1.29 is 4.74 Å². The second kappa shape index (κ2) is 9.43. The van der Waals surface area contributed by atoms with Gasteiger partial charge in [-0.15, -0.1) is 0 Å². The second-order valence-electron chi connectivity index (χ2n) is 5.80. The molecule has 3 rings (SSSR count). The Balaban J connectivity index is 1.62. The van der Waals surface area contributed by atoms with E-state index in [0.29, 0.717) is 39.0 Å². The molecule has 2 nitrogen and oxygen atoms in total. The third-order valence-corrected chi connectivity index (χ3v) is 5.35. The Hall–Kier alpha value is -1.78. The van der Waals surface area contributed by atoms with Gasteiger partial charge in [-0.25, -0.2) is 0 Å². The minimum absolute atomic E-state index is 0.341. The molecule has 138 valence electrons. The number of thiocarbonyl (C=S) groups is 1. The summed E-state index contributed by atoms with van der Waals surface area (Å²) in [6.07, 6.45) is 0. The Kier molecular flexibility index (Phi) is 6.97. The van der Waals surface area contributed by atoms with Gasteiger partial charge in [0, 0.05) is 27.7 Å². The number of nitrogens with one attached hydrogen (secondary N) is 1. The Morgan fingerprint density at radius 3 is 2.07 bits per heavy atom. The lowest BCUT2D eigenvalue weighted by molar-refractivity contribution is 0.306. The third kappa shape index (κ3) is 5.36.